The number of carbonyl (C=O) groups is 1. The highest BCUT2D eigenvalue weighted by Gasteiger charge is 2.37. The van der Waals surface area contributed by atoms with Crippen molar-refractivity contribution < 1.29 is 23.4 Å². The number of aryl methyl sites for hydroxylation is 1. The van der Waals surface area contributed by atoms with Gasteiger partial charge in [-0.3, -0.25) is 4.79 Å². The summed E-state index contributed by atoms with van der Waals surface area (Å²) < 4.78 is 25.1. The van der Waals surface area contributed by atoms with E-state index in [4.69, 9.17) is 9.15 Å². The van der Waals surface area contributed by atoms with Crippen molar-refractivity contribution in [3.05, 3.63) is 82.7 Å². The second-order valence-electron chi connectivity index (χ2n) is 6.67. The number of ketones is 1. The Balaban J connectivity index is 1.63. The monoisotopic (exact) mass is 374 g/mol. The molecule has 138 valence electrons. The summed E-state index contributed by atoms with van der Waals surface area (Å²) in [5.41, 5.74) is 3.48. The molecule has 4 aromatic rings. The molecule has 28 heavy (non-hydrogen) atoms. The van der Waals surface area contributed by atoms with Gasteiger partial charge < -0.3 is 14.3 Å². The Kier molecular flexibility index (Phi) is 3.52. The standard InChI is InChI=1S/C23H15FO4/c1-2-12-7-8-13(27-16-6-4-3-5-15(16)24)11-14(12)19-22(25)20-17-9-10-18(28-17)21(20)23(19)26/h3-11,25H,2H2,1H3. The topological polar surface area (TPSA) is 59.7 Å². The zero-order valence-corrected chi connectivity index (χ0v) is 15.0. The maximum atomic E-state index is 13.9. The second kappa shape index (κ2) is 5.96. The van der Waals surface area contributed by atoms with E-state index < -0.39 is 5.82 Å². The number of carbonyl (C=O) groups excluding carboxylic acids is 1. The minimum atomic E-state index is -0.476. The van der Waals surface area contributed by atoms with Crippen molar-refractivity contribution in [2.45, 2.75) is 13.3 Å². The summed E-state index contributed by atoms with van der Waals surface area (Å²) in [4.78, 5) is 13.1. The summed E-state index contributed by atoms with van der Waals surface area (Å²) in [5.74, 6) is -0.367. The maximum Gasteiger partial charge on any atom is 0.202 e. The molecule has 0 aliphatic heterocycles. The van der Waals surface area contributed by atoms with Gasteiger partial charge in [-0.2, -0.15) is 0 Å². The van der Waals surface area contributed by atoms with Crippen molar-refractivity contribution >= 4 is 28.3 Å². The highest BCUT2D eigenvalue weighted by atomic mass is 19.1. The maximum absolute atomic E-state index is 13.9. The fraction of sp³-hybridized carbons (Fsp3) is 0.0870. The van der Waals surface area contributed by atoms with Gasteiger partial charge in [0.25, 0.3) is 0 Å². The summed E-state index contributed by atoms with van der Waals surface area (Å²) in [6, 6.07) is 14.8. The van der Waals surface area contributed by atoms with Crippen LogP contribution in [0.25, 0.3) is 22.5 Å². The fourth-order valence-corrected chi connectivity index (χ4v) is 3.74. The van der Waals surface area contributed by atoms with Crippen LogP contribution < -0.4 is 4.74 Å². The molecular weight excluding hydrogens is 359 g/mol. The number of allylic oxidation sites excluding steroid dienone is 1. The number of aliphatic hydroxyl groups is 1. The zero-order valence-electron chi connectivity index (χ0n) is 15.0. The highest BCUT2D eigenvalue weighted by molar-refractivity contribution is 6.42. The van der Waals surface area contributed by atoms with E-state index >= 15 is 0 Å². The van der Waals surface area contributed by atoms with Gasteiger partial charge in [0.2, 0.25) is 5.78 Å². The molecule has 0 spiro atoms. The minimum Gasteiger partial charge on any atom is -0.506 e. The Bertz CT molecular complexity index is 1260. The number of fused-ring (bicyclic) bond motifs is 5. The van der Waals surface area contributed by atoms with Crippen molar-refractivity contribution in [2.75, 3.05) is 0 Å². The normalized spacial score (nSPS) is 13.6. The minimum absolute atomic E-state index is 0.0907. The van der Waals surface area contributed by atoms with Gasteiger partial charge in [-0.05, 0) is 53.9 Å². The SMILES string of the molecule is CCc1ccc(Oc2ccccc2F)cc1C1=C(O)c2c(c3ccc2o3)C1=O. The third kappa shape index (κ3) is 2.26. The number of furan rings is 2. The molecule has 1 N–H and O–H groups in total. The predicted octanol–water partition coefficient (Wildman–Crippen LogP) is 5.99. The van der Waals surface area contributed by atoms with E-state index in [1.54, 1.807) is 36.4 Å². The fourth-order valence-electron chi connectivity index (χ4n) is 3.74. The molecule has 2 aromatic carbocycles. The average Bonchev–Trinajstić information content (AvgIpc) is 3.37. The molecule has 2 bridgehead atoms. The van der Waals surface area contributed by atoms with Crippen LogP contribution in [-0.2, 0) is 6.42 Å². The van der Waals surface area contributed by atoms with Gasteiger partial charge in [-0.1, -0.05) is 25.1 Å². The number of ether oxygens (including phenoxy) is 1. The molecular formula is C23H15FO4. The van der Waals surface area contributed by atoms with Crippen LogP contribution >= 0.6 is 0 Å². The van der Waals surface area contributed by atoms with Gasteiger partial charge in [0.1, 0.15) is 22.7 Å². The van der Waals surface area contributed by atoms with Gasteiger partial charge >= 0.3 is 0 Å². The van der Waals surface area contributed by atoms with Crippen molar-refractivity contribution in [1.29, 1.82) is 0 Å². The number of aliphatic hydroxyl groups excluding tert-OH is 1. The number of rotatable bonds is 4. The van der Waals surface area contributed by atoms with Crippen LogP contribution in [0.3, 0.4) is 0 Å². The van der Waals surface area contributed by atoms with Crippen molar-refractivity contribution in [3.8, 4) is 11.5 Å². The number of benzene rings is 3. The van der Waals surface area contributed by atoms with Gasteiger partial charge in [-0.15, -0.1) is 0 Å². The lowest BCUT2D eigenvalue weighted by molar-refractivity contribution is 0.106. The van der Waals surface area contributed by atoms with Crippen LogP contribution in [0, 0.1) is 5.82 Å². The summed E-state index contributed by atoms with van der Waals surface area (Å²) in [7, 11) is 0. The Morgan fingerprint density at radius 2 is 1.79 bits per heavy atom. The van der Waals surface area contributed by atoms with Gasteiger partial charge in [0.05, 0.1) is 16.7 Å². The van der Waals surface area contributed by atoms with E-state index in [9.17, 15) is 14.3 Å². The number of Topliss-reactive ketones (excluding diaryl/α,β-unsaturated/α-hetero) is 1. The molecule has 0 amide bonds. The second-order valence-corrected chi connectivity index (χ2v) is 6.67. The number of hydrogen-bond donors (Lipinski definition) is 1. The zero-order chi connectivity index (χ0) is 19.4. The summed E-state index contributed by atoms with van der Waals surface area (Å²) in [6.07, 6.45) is 0.659. The Morgan fingerprint density at radius 1 is 1.04 bits per heavy atom. The molecule has 0 atom stereocenters. The number of hydrogen-bond acceptors (Lipinski definition) is 4. The third-order valence-electron chi connectivity index (χ3n) is 5.07. The molecule has 4 nitrogen and oxygen atoms in total. The van der Waals surface area contributed by atoms with Crippen LogP contribution in [0.1, 0.15) is 34.0 Å². The van der Waals surface area contributed by atoms with Crippen LogP contribution in [0.4, 0.5) is 4.39 Å². The first kappa shape index (κ1) is 16.6. The smallest absolute Gasteiger partial charge is 0.202 e. The molecule has 0 saturated heterocycles. The first-order chi connectivity index (χ1) is 13.6. The van der Waals surface area contributed by atoms with Crippen molar-refractivity contribution in [1.82, 2.24) is 0 Å². The van der Waals surface area contributed by atoms with E-state index in [-0.39, 0.29) is 22.9 Å². The third-order valence-corrected chi connectivity index (χ3v) is 5.07. The number of halogens is 1. The molecule has 2 aromatic heterocycles. The molecule has 5 heteroatoms. The van der Waals surface area contributed by atoms with Crippen LogP contribution in [0.2, 0.25) is 0 Å². The summed E-state index contributed by atoms with van der Waals surface area (Å²) >= 11 is 0. The molecule has 1 aliphatic carbocycles. The molecule has 5 rings (SSSR count). The van der Waals surface area contributed by atoms with Crippen LogP contribution in [0.5, 0.6) is 11.5 Å². The van der Waals surface area contributed by atoms with Crippen LogP contribution in [-0.4, -0.2) is 10.9 Å². The lowest BCUT2D eigenvalue weighted by Gasteiger charge is -2.13. The first-order valence-corrected chi connectivity index (χ1v) is 8.97. The van der Waals surface area contributed by atoms with Gasteiger partial charge in [0.15, 0.2) is 11.6 Å². The molecule has 2 heterocycles. The Hall–Kier alpha value is -3.60. The van der Waals surface area contributed by atoms with Gasteiger partial charge in [0, 0.05) is 0 Å². The number of para-hydroxylation sites is 1. The van der Waals surface area contributed by atoms with E-state index in [2.05, 4.69) is 0 Å². The Morgan fingerprint density at radius 3 is 2.50 bits per heavy atom. The molecule has 0 unspecified atom stereocenters. The predicted molar refractivity (Wildman–Crippen MR) is 103 cm³/mol. The van der Waals surface area contributed by atoms with Crippen molar-refractivity contribution in [3.63, 3.8) is 0 Å². The summed E-state index contributed by atoms with van der Waals surface area (Å²) in [5, 5.41) is 10.8. The van der Waals surface area contributed by atoms with Gasteiger partial charge in [-0.25, -0.2) is 4.39 Å². The molecule has 0 fully saturated rings. The van der Waals surface area contributed by atoms with Crippen LogP contribution in [0.15, 0.2) is 59.0 Å². The lowest BCUT2D eigenvalue weighted by atomic mass is 9.95. The van der Waals surface area contributed by atoms with E-state index in [1.165, 1.54) is 12.1 Å². The lowest BCUT2D eigenvalue weighted by Crippen LogP contribution is -2.02. The Labute approximate surface area is 159 Å². The quantitative estimate of drug-likeness (QED) is 0.477. The molecule has 0 saturated carbocycles. The van der Waals surface area contributed by atoms with E-state index in [0.29, 0.717) is 40.0 Å². The molecule has 1 aliphatic rings. The average molecular weight is 374 g/mol. The first-order valence-electron chi connectivity index (χ1n) is 8.97. The largest absolute Gasteiger partial charge is 0.506 e. The van der Waals surface area contributed by atoms with E-state index in [0.717, 1.165) is 5.56 Å². The molecule has 0 radical (unpaired) electrons. The van der Waals surface area contributed by atoms with Crippen molar-refractivity contribution in [2.24, 2.45) is 0 Å². The summed E-state index contributed by atoms with van der Waals surface area (Å²) in [6.45, 7) is 1.96. The van der Waals surface area contributed by atoms with E-state index in [1.807, 2.05) is 13.0 Å². The highest BCUT2D eigenvalue weighted by Crippen LogP contribution is 2.45.